The molecule has 11 heteroatoms. The smallest absolute Gasteiger partial charge is 0.340 e. The maximum atomic E-state index is 14.1. The number of amides is 2. The first kappa shape index (κ1) is 33.0. The molecule has 46 heavy (non-hydrogen) atoms. The largest absolute Gasteiger partial charge is 0.462 e. The number of nitrogens with zero attached hydrogens (tertiary/aromatic N) is 3. The number of piperazine rings is 1. The van der Waals surface area contributed by atoms with Gasteiger partial charge in [0.2, 0.25) is 5.91 Å². The number of nitrogens with two attached hydrogens (primary N) is 1. The van der Waals surface area contributed by atoms with E-state index in [9.17, 15) is 14.4 Å². The van der Waals surface area contributed by atoms with Crippen LogP contribution in [0.2, 0.25) is 5.02 Å². The molecule has 238 valence electrons. The van der Waals surface area contributed by atoms with E-state index in [1.54, 1.807) is 36.2 Å². The third-order valence-corrected chi connectivity index (χ3v) is 9.07. The van der Waals surface area contributed by atoms with E-state index in [1.807, 2.05) is 36.4 Å². The Morgan fingerprint density at radius 2 is 1.57 bits per heavy atom. The SMILES string of the molecule is CCOC(=O)c1cccnc1SCC(NC(=O)c1ccc(Cl)cc1N)C(=O)N1CCN(C(c2ccccc2)c2ccccc2)CC1. The van der Waals surface area contributed by atoms with Crippen LogP contribution in [-0.2, 0) is 9.53 Å². The number of hydrogen-bond donors (Lipinski definition) is 2. The van der Waals surface area contributed by atoms with Crippen LogP contribution in [-0.4, -0.2) is 77.1 Å². The van der Waals surface area contributed by atoms with Crippen LogP contribution in [0.15, 0.2) is 102 Å². The predicted molar refractivity (Wildman–Crippen MR) is 181 cm³/mol. The first-order chi connectivity index (χ1) is 22.4. The van der Waals surface area contributed by atoms with E-state index in [1.165, 1.54) is 35.0 Å². The van der Waals surface area contributed by atoms with Crippen molar-refractivity contribution in [3.8, 4) is 0 Å². The molecule has 0 saturated carbocycles. The van der Waals surface area contributed by atoms with Gasteiger partial charge in [0.15, 0.2) is 0 Å². The average Bonchev–Trinajstić information content (AvgIpc) is 3.08. The summed E-state index contributed by atoms with van der Waals surface area (Å²) in [4.78, 5) is 48.5. The normalized spacial score (nSPS) is 14.1. The average molecular weight is 658 g/mol. The van der Waals surface area contributed by atoms with Crippen molar-refractivity contribution in [2.45, 2.75) is 24.0 Å². The summed E-state index contributed by atoms with van der Waals surface area (Å²) < 4.78 is 5.19. The molecule has 2 amide bonds. The summed E-state index contributed by atoms with van der Waals surface area (Å²) >= 11 is 7.26. The molecule has 0 spiro atoms. The molecule has 1 saturated heterocycles. The van der Waals surface area contributed by atoms with Gasteiger partial charge in [-0.1, -0.05) is 72.3 Å². The molecule has 3 N–H and O–H groups in total. The van der Waals surface area contributed by atoms with Crippen molar-refractivity contribution in [1.82, 2.24) is 20.1 Å². The Morgan fingerprint density at radius 1 is 0.913 bits per heavy atom. The van der Waals surface area contributed by atoms with Crippen LogP contribution in [0, 0.1) is 0 Å². The zero-order valence-electron chi connectivity index (χ0n) is 25.5. The van der Waals surface area contributed by atoms with Crippen LogP contribution in [0.25, 0.3) is 0 Å². The van der Waals surface area contributed by atoms with Gasteiger partial charge in [0.05, 0.1) is 23.8 Å². The zero-order chi connectivity index (χ0) is 32.5. The van der Waals surface area contributed by atoms with Gasteiger partial charge in [-0.3, -0.25) is 14.5 Å². The molecule has 1 aliphatic heterocycles. The lowest BCUT2D eigenvalue weighted by molar-refractivity contribution is -0.134. The minimum Gasteiger partial charge on any atom is -0.462 e. The fourth-order valence-corrected chi connectivity index (χ4v) is 6.66. The van der Waals surface area contributed by atoms with Crippen molar-refractivity contribution in [3.05, 3.63) is 124 Å². The van der Waals surface area contributed by atoms with Gasteiger partial charge in [0.25, 0.3) is 5.91 Å². The lowest BCUT2D eigenvalue weighted by atomic mass is 9.96. The number of ether oxygens (including phenoxy) is 1. The van der Waals surface area contributed by atoms with Crippen molar-refractivity contribution in [2.24, 2.45) is 0 Å². The summed E-state index contributed by atoms with van der Waals surface area (Å²) in [5.41, 5.74) is 9.19. The van der Waals surface area contributed by atoms with Crippen LogP contribution in [0.4, 0.5) is 5.69 Å². The van der Waals surface area contributed by atoms with E-state index in [2.05, 4.69) is 39.5 Å². The Bertz CT molecular complexity index is 1610. The molecule has 0 radical (unpaired) electrons. The number of hydrogen-bond acceptors (Lipinski definition) is 8. The quantitative estimate of drug-likeness (QED) is 0.127. The lowest BCUT2D eigenvalue weighted by Gasteiger charge is -2.40. The van der Waals surface area contributed by atoms with Gasteiger partial charge in [0.1, 0.15) is 11.1 Å². The van der Waals surface area contributed by atoms with Gasteiger partial charge in [-0.15, -0.1) is 11.8 Å². The topological polar surface area (TPSA) is 118 Å². The molecular formula is C35H36ClN5O4S. The molecule has 4 aromatic rings. The fraction of sp³-hybridized carbons (Fsp3) is 0.257. The maximum absolute atomic E-state index is 14.1. The molecule has 9 nitrogen and oxygen atoms in total. The first-order valence-electron chi connectivity index (χ1n) is 15.1. The highest BCUT2D eigenvalue weighted by Crippen LogP contribution is 2.30. The molecule has 1 aromatic heterocycles. The van der Waals surface area contributed by atoms with Gasteiger partial charge in [-0.05, 0) is 48.4 Å². The van der Waals surface area contributed by atoms with Crippen molar-refractivity contribution < 1.29 is 19.1 Å². The lowest BCUT2D eigenvalue weighted by Crippen LogP contribution is -2.56. The first-order valence-corrected chi connectivity index (χ1v) is 16.5. The van der Waals surface area contributed by atoms with Crippen molar-refractivity contribution >= 4 is 46.8 Å². The number of carbonyl (C=O) groups is 3. The van der Waals surface area contributed by atoms with E-state index in [4.69, 9.17) is 22.1 Å². The summed E-state index contributed by atoms with van der Waals surface area (Å²) in [7, 11) is 0. The number of nitrogen functional groups attached to an aromatic ring is 1. The predicted octanol–water partition coefficient (Wildman–Crippen LogP) is 5.32. The Hall–Kier alpha value is -4.38. The third-order valence-electron chi connectivity index (χ3n) is 7.74. The van der Waals surface area contributed by atoms with Crippen LogP contribution in [0.3, 0.4) is 0 Å². The number of aromatic nitrogens is 1. The molecule has 0 bridgehead atoms. The van der Waals surface area contributed by atoms with Gasteiger partial charge >= 0.3 is 5.97 Å². The summed E-state index contributed by atoms with van der Waals surface area (Å²) in [5, 5.41) is 3.71. The van der Waals surface area contributed by atoms with Gasteiger partial charge in [0, 0.05) is 48.8 Å². The van der Waals surface area contributed by atoms with E-state index >= 15 is 0 Å². The Balaban J connectivity index is 1.34. The van der Waals surface area contributed by atoms with Crippen LogP contribution < -0.4 is 11.1 Å². The number of thioether (sulfide) groups is 1. The second kappa shape index (κ2) is 15.8. The number of esters is 1. The number of rotatable bonds is 11. The molecule has 1 atom stereocenters. The highest BCUT2D eigenvalue weighted by Gasteiger charge is 2.33. The summed E-state index contributed by atoms with van der Waals surface area (Å²) in [6, 6.07) is 27.7. The van der Waals surface area contributed by atoms with E-state index in [0.29, 0.717) is 41.8 Å². The van der Waals surface area contributed by atoms with Gasteiger partial charge < -0.3 is 20.7 Å². The third kappa shape index (κ3) is 8.06. The van der Waals surface area contributed by atoms with E-state index in [-0.39, 0.29) is 35.6 Å². The van der Waals surface area contributed by atoms with Crippen molar-refractivity contribution in [2.75, 3.05) is 44.3 Å². The highest BCUT2D eigenvalue weighted by atomic mass is 35.5. The van der Waals surface area contributed by atoms with Crippen molar-refractivity contribution in [3.63, 3.8) is 0 Å². The maximum Gasteiger partial charge on any atom is 0.340 e. The second-order valence-electron chi connectivity index (χ2n) is 10.7. The number of halogens is 1. The van der Waals surface area contributed by atoms with Crippen molar-refractivity contribution in [1.29, 1.82) is 0 Å². The van der Waals surface area contributed by atoms with Crippen LogP contribution in [0.1, 0.15) is 44.8 Å². The standard InChI is InChI=1S/C35H36ClN5O4S/c1-2-45-35(44)28-14-9-17-38-33(28)46-23-30(39-32(42)27-16-15-26(36)22-29(27)37)34(43)41-20-18-40(19-21-41)31(24-10-5-3-6-11-24)25-12-7-4-8-13-25/h3-17,22,30-31H,2,18-21,23,37H2,1H3,(H,39,42). The fourth-order valence-electron chi connectivity index (χ4n) is 5.49. The molecule has 1 aliphatic rings. The Labute approximate surface area is 278 Å². The minimum atomic E-state index is -0.921. The molecule has 2 heterocycles. The number of benzene rings is 3. The molecule has 0 aliphatic carbocycles. The Morgan fingerprint density at radius 3 is 2.17 bits per heavy atom. The molecule has 5 rings (SSSR count). The molecule has 1 fully saturated rings. The summed E-state index contributed by atoms with van der Waals surface area (Å²) in [5.74, 6) is -1.08. The molecule has 3 aromatic carbocycles. The van der Waals surface area contributed by atoms with Gasteiger partial charge in [-0.25, -0.2) is 9.78 Å². The summed E-state index contributed by atoms with van der Waals surface area (Å²) in [6.45, 7) is 4.20. The van der Waals surface area contributed by atoms with Gasteiger partial charge in [-0.2, -0.15) is 0 Å². The van der Waals surface area contributed by atoms with E-state index < -0.39 is 17.9 Å². The zero-order valence-corrected chi connectivity index (χ0v) is 27.0. The van der Waals surface area contributed by atoms with E-state index in [0.717, 1.165) is 0 Å². The van der Waals surface area contributed by atoms with Crippen LogP contribution in [0.5, 0.6) is 0 Å². The monoisotopic (exact) mass is 657 g/mol. The summed E-state index contributed by atoms with van der Waals surface area (Å²) in [6.07, 6.45) is 1.57. The second-order valence-corrected chi connectivity index (χ2v) is 12.2. The number of pyridine rings is 1. The minimum absolute atomic E-state index is 0.0454. The number of nitrogens with one attached hydrogen (secondary N) is 1. The number of anilines is 1. The highest BCUT2D eigenvalue weighted by molar-refractivity contribution is 7.99. The Kier molecular flexibility index (Phi) is 11.3. The molecular weight excluding hydrogens is 622 g/mol. The van der Waals surface area contributed by atoms with Crippen LogP contribution >= 0.6 is 23.4 Å². The molecule has 1 unspecified atom stereocenters. The number of carbonyl (C=O) groups excluding carboxylic acids is 3.